The molecule has 0 saturated heterocycles. The van der Waals surface area contributed by atoms with Crippen molar-refractivity contribution in [3.05, 3.63) is 40.4 Å². The van der Waals surface area contributed by atoms with Crippen molar-refractivity contribution in [3.8, 4) is 11.5 Å². The largest absolute Gasteiger partial charge is 0.493 e. The monoisotopic (exact) mass is 358 g/mol. The molecule has 0 radical (unpaired) electrons. The van der Waals surface area contributed by atoms with E-state index in [1.54, 1.807) is 12.1 Å². The summed E-state index contributed by atoms with van der Waals surface area (Å²) >= 11 is 3.01. The van der Waals surface area contributed by atoms with E-state index in [0.29, 0.717) is 22.9 Å². The molecule has 0 bridgehead atoms. The van der Waals surface area contributed by atoms with E-state index in [-0.39, 0.29) is 10.2 Å². The molecule has 2 aromatic rings. The Kier molecular flexibility index (Phi) is 4.52. The maximum Gasteiger partial charge on any atom is 0.162 e. The lowest BCUT2D eigenvalue weighted by Gasteiger charge is -2.14. The molecule has 3 N–H and O–H groups in total. The molecule has 0 aromatic heterocycles. The molecule has 0 aliphatic rings. The predicted molar refractivity (Wildman–Crippen MR) is 81.3 cm³/mol. The number of anilines is 3. The number of hydrogen-bond acceptors (Lipinski definition) is 4. The van der Waals surface area contributed by atoms with Gasteiger partial charge in [0.15, 0.2) is 11.5 Å². The molecule has 0 saturated carbocycles. The molecular weight excluding hydrogens is 346 g/mol. The van der Waals surface area contributed by atoms with Crippen LogP contribution < -0.4 is 20.5 Å². The first-order chi connectivity index (χ1) is 9.96. The van der Waals surface area contributed by atoms with Crippen LogP contribution >= 0.6 is 15.9 Å². The Morgan fingerprint density at radius 2 is 1.57 bits per heavy atom. The Labute approximate surface area is 129 Å². The summed E-state index contributed by atoms with van der Waals surface area (Å²) in [6, 6.07) is 5.20. The Morgan fingerprint density at radius 3 is 2.19 bits per heavy atom. The van der Waals surface area contributed by atoms with E-state index >= 15 is 0 Å². The van der Waals surface area contributed by atoms with E-state index in [9.17, 15) is 8.78 Å². The molecular formula is C14H13BrF2N2O2. The van der Waals surface area contributed by atoms with Crippen molar-refractivity contribution in [2.45, 2.75) is 0 Å². The number of nitrogens with two attached hydrogens (primary N) is 1. The van der Waals surface area contributed by atoms with Gasteiger partial charge in [-0.1, -0.05) is 0 Å². The van der Waals surface area contributed by atoms with Gasteiger partial charge >= 0.3 is 0 Å². The maximum atomic E-state index is 13.8. The lowest BCUT2D eigenvalue weighted by molar-refractivity contribution is 0.355. The summed E-state index contributed by atoms with van der Waals surface area (Å²) < 4.78 is 37.4. The average molecular weight is 359 g/mol. The summed E-state index contributed by atoms with van der Waals surface area (Å²) in [6.45, 7) is 0. The fraction of sp³-hybridized carbons (Fsp3) is 0.143. The maximum absolute atomic E-state index is 13.8. The summed E-state index contributed by atoms with van der Waals surface area (Å²) in [4.78, 5) is 0. The molecule has 0 fully saturated rings. The van der Waals surface area contributed by atoms with Gasteiger partial charge in [0.25, 0.3) is 0 Å². The number of ether oxygens (including phenoxy) is 2. The van der Waals surface area contributed by atoms with Crippen molar-refractivity contribution in [2.75, 3.05) is 25.3 Å². The van der Waals surface area contributed by atoms with Gasteiger partial charge in [-0.25, -0.2) is 8.78 Å². The van der Waals surface area contributed by atoms with Crippen molar-refractivity contribution in [2.24, 2.45) is 0 Å². The summed E-state index contributed by atoms with van der Waals surface area (Å²) in [5.74, 6) is -0.514. The normalized spacial score (nSPS) is 10.3. The molecule has 0 aliphatic carbocycles. The van der Waals surface area contributed by atoms with Crippen molar-refractivity contribution in [3.63, 3.8) is 0 Å². The third kappa shape index (κ3) is 3.18. The Morgan fingerprint density at radius 1 is 0.952 bits per heavy atom. The molecule has 0 heterocycles. The molecule has 2 rings (SSSR count). The van der Waals surface area contributed by atoms with Crippen molar-refractivity contribution in [1.82, 2.24) is 0 Å². The second-order valence-electron chi connectivity index (χ2n) is 4.17. The number of hydrogen-bond donors (Lipinski definition) is 2. The van der Waals surface area contributed by atoms with Crippen LogP contribution in [0.5, 0.6) is 11.5 Å². The van der Waals surface area contributed by atoms with Crippen LogP contribution in [0.15, 0.2) is 28.7 Å². The zero-order valence-corrected chi connectivity index (χ0v) is 12.9. The minimum atomic E-state index is -0.732. The first-order valence-electron chi connectivity index (χ1n) is 5.89. The minimum absolute atomic E-state index is 0.0854. The van der Waals surface area contributed by atoms with Gasteiger partial charge in [0.1, 0.15) is 11.6 Å². The number of rotatable bonds is 4. The van der Waals surface area contributed by atoms with Crippen LogP contribution in [-0.2, 0) is 0 Å². The molecule has 0 spiro atoms. The first kappa shape index (κ1) is 15.4. The zero-order chi connectivity index (χ0) is 15.6. The fourth-order valence-electron chi connectivity index (χ4n) is 1.77. The van der Waals surface area contributed by atoms with Crippen LogP contribution in [0.1, 0.15) is 0 Å². The highest BCUT2D eigenvalue weighted by Crippen LogP contribution is 2.37. The molecule has 0 atom stereocenters. The molecule has 0 aliphatic heterocycles. The molecule has 112 valence electrons. The first-order valence-corrected chi connectivity index (χ1v) is 6.68. The highest BCUT2D eigenvalue weighted by Gasteiger charge is 2.13. The van der Waals surface area contributed by atoms with E-state index in [1.807, 2.05) is 0 Å². The van der Waals surface area contributed by atoms with Gasteiger partial charge in [-0.3, -0.25) is 0 Å². The van der Waals surface area contributed by atoms with Crippen LogP contribution in [0.2, 0.25) is 0 Å². The highest BCUT2D eigenvalue weighted by molar-refractivity contribution is 9.10. The topological polar surface area (TPSA) is 56.5 Å². The number of nitrogen functional groups attached to an aromatic ring is 1. The standard InChI is InChI=1S/C14H13BrF2N2O2/c1-20-13-5-10(18)12(6-14(13)21-2)19-11-3-7(15)8(16)4-9(11)17/h3-6,19H,18H2,1-2H3. The van der Waals surface area contributed by atoms with Crippen LogP contribution in [-0.4, -0.2) is 14.2 Å². The number of methoxy groups -OCH3 is 2. The summed E-state index contributed by atoms with van der Waals surface area (Å²) in [7, 11) is 2.97. The van der Waals surface area contributed by atoms with E-state index in [2.05, 4.69) is 21.2 Å². The van der Waals surface area contributed by atoms with Crippen molar-refractivity contribution < 1.29 is 18.3 Å². The summed E-state index contributed by atoms with van der Waals surface area (Å²) in [5.41, 5.74) is 6.73. The number of benzene rings is 2. The van der Waals surface area contributed by atoms with Crippen molar-refractivity contribution >= 4 is 33.0 Å². The highest BCUT2D eigenvalue weighted by atomic mass is 79.9. The molecule has 0 amide bonds. The van der Waals surface area contributed by atoms with E-state index in [4.69, 9.17) is 15.2 Å². The smallest absolute Gasteiger partial charge is 0.162 e. The van der Waals surface area contributed by atoms with Crippen LogP contribution in [0, 0.1) is 11.6 Å². The number of nitrogens with one attached hydrogen (secondary N) is 1. The lowest BCUT2D eigenvalue weighted by atomic mass is 10.2. The predicted octanol–water partition coefficient (Wildman–Crippen LogP) is 4.07. The summed E-state index contributed by atoms with van der Waals surface area (Å²) in [5, 5.41) is 2.80. The third-order valence-corrected chi connectivity index (χ3v) is 3.44. The molecule has 21 heavy (non-hydrogen) atoms. The average Bonchev–Trinajstić information content (AvgIpc) is 2.46. The van der Waals surface area contributed by atoms with Crippen molar-refractivity contribution in [1.29, 1.82) is 0 Å². The molecule has 4 nitrogen and oxygen atoms in total. The molecule has 2 aromatic carbocycles. The Bertz CT molecular complexity index is 681. The van der Waals surface area contributed by atoms with Gasteiger partial charge in [0, 0.05) is 18.2 Å². The van der Waals surface area contributed by atoms with E-state index in [1.165, 1.54) is 20.3 Å². The zero-order valence-electron chi connectivity index (χ0n) is 11.3. The third-order valence-electron chi connectivity index (χ3n) is 2.84. The van der Waals surface area contributed by atoms with Gasteiger partial charge in [0.2, 0.25) is 0 Å². The van der Waals surface area contributed by atoms with E-state index < -0.39 is 11.6 Å². The fourth-order valence-corrected chi connectivity index (χ4v) is 2.11. The van der Waals surface area contributed by atoms with E-state index in [0.717, 1.165) is 6.07 Å². The second-order valence-corrected chi connectivity index (χ2v) is 5.02. The number of halogens is 3. The van der Waals surface area contributed by atoms with Gasteiger partial charge in [0.05, 0.1) is 35.8 Å². The SMILES string of the molecule is COc1cc(N)c(Nc2cc(Br)c(F)cc2F)cc1OC. The van der Waals surface area contributed by atoms with Gasteiger partial charge < -0.3 is 20.5 Å². The Balaban J connectivity index is 2.42. The summed E-state index contributed by atoms with van der Waals surface area (Å²) in [6.07, 6.45) is 0. The molecule has 7 heteroatoms. The quantitative estimate of drug-likeness (QED) is 0.638. The van der Waals surface area contributed by atoms with Crippen LogP contribution in [0.3, 0.4) is 0 Å². The lowest BCUT2D eigenvalue weighted by Crippen LogP contribution is -2.01. The minimum Gasteiger partial charge on any atom is -0.493 e. The van der Waals surface area contributed by atoms with Crippen LogP contribution in [0.25, 0.3) is 0 Å². The molecule has 0 unspecified atom stereocenters. The van der Waals surface area contributed by atoms with Gasteiger partial charge in [-0.2, -0.15) is 0 Å². The van der Waals surface area contributed by atoms with Gasteiger partial charge in [-0.05, 0) is 22.0 Å². The van der Waals surface area contributed by atoms with Crippen LogP contribution in [0.4, 0.5) is 25.8 Å². The van der Waals surface area contributed by atoms with Gasteiger partial charge in [-0.15, -0.1) is 0 Å². The second kappa shape index (κ2) is 6.17. The Hall–Kier alpha value is -2.02.